The SMILES string of the molecule is Cc1nc(-c2ccccc2)sc1C(=O)NCCn1nc(-c2cccs2)ccc1=O. The first-order chi connectivity index (χ1) is 14.1. The van der Waals surface area contributed by atoms with Crippen molar-refractivity contribution in [3.63, 3.8) is 0 Å². The topological polar surface area (TPSA) is 76.9 Å². The molecule has 1 aromatic carbocycles. The fourth-order valence-electron chi connectivity index (χ4n) is 2.83. The van der Waals surface area contributed by atoms with Gasteiger partial charge in [0, 0.05) is 18.2 Å². The number of carbonyl (C=O) groups is 1. The van der Waals surface area contributed by atoms with Gasteiger partial charge in [-0.2, -0.15) is 5.10 Å². The monoisotopic (exact) mass is 422 g/mol. The van der Waals surface area contributed by atoms with E-state index in [2.05, 4.69) is 15.4 Å². The molecule has 1 amide bonds. The summed E-state index contributed by atoms with van der Waals surface area (Å²) in [5, 5.41) is 10.0. The Morgan fingerprint density at radius 1 is 1.10 bits per heavy atom. The average molecular weight is 423 g/mol. The van der Waals surface area contributed by atoms with Crippen molar-refractivity contribution >= 4 is 28.6 Å². The predicted molar refractivity (Wildman–Crippen MR) is 116 cm³/mol. The van der Waals surface area contributed by atoms with Crippen LogP contribution >= 0.6 is 22.7 Å². The summed E-state index contributed by atoms with van der Waals surface area (Å²) in [5.41, 5.74) is 2.23. The third-order valence-electron chi connectivity index (χ3n) is 4.27. The molecule has 0 aliphatic rings. The minimum Gasteiger partial charge on any atom is -0.349 e. The van der Waals surface area contributed by atoms with E-state index >= 15 is 0 Å². The molecule has 3 heterocycles. The van der Waals surface area contributed by atoms with E-state index in [9.17, 15) is 9.59 Å². The van der Waals surface area contributed by atoms with Crippen LogP contribution in [-0.2, 0) is 6.54 Å². The summed E-state index contributed by atoms with van der Waals surface area (Å²) in [4.78, 5) is 30.8. The van der Waals surface area contributed by atoms with E-state index in [1.807, 2.05) is 54.8 Å². The van der Waals surface area contributed by atoms with Crippen LogP contribution in [0.3, 0.4) is 0 Å². The molecule has 0 bridgehead atoms. The van der Waals surface area contributed by atoms with Crippen LogP contribution in [0, 0.1) is 6.92 Å². The van der Waals surface area contributed by atoms with Crippen molar-refractivity contribution in [2.45, 2.75) is 13.5 Å². The number of thiazole rings is 1. The van der Waals surface area contributed by atoms with Gasteiger partial charge in [0.1, 0.15) is 15.6 Å². The molecule has 8 heteroatoms. The van der Waals surface area contributed by atoms with Crippen LogP contribution in [0.5, 0.6) is 0 Å². The number of hydrogen-bond acceptors (Lipinski definition) is 6. The molecular formula is C21H18N4O2S2. The van der Waals surface area contributed by atoms with Gasteiger partial charge in [0.15, 0.2) is 0 Å². The van der Waals surface area contributed by atoms with Gasteiger partial charge in [-0.05, 0) is 24.4 Å². The molecule has 0 aliphatic carbocycles. The summed E-state index contributed by atoms with van der Waals surface area (Å²) in [5.74, 6) is -0.190. The molecule has 146 valence electrons. The van der Waals surface area contributed by atoms with Crippen LogP contribution in [-0.4, -0.2) is 27.2 Å². The van der Waals surface area contributed by atoms with Gasteiger partial charge in [0.05, 0.1) is 17.1 Å². The van der Waals surface area contributed by atoms with Crippen molar-refractivity contribution in [1.82, 2.24) is 20.1 Å². The summed E-state index contributed by atoms with van der Waals surface area (Å²) in [7, 11) is 0. The summed E-state index contributed by atoms with van der Waals surface area (Å²) >= 11 is 2.93. The number of thiophene rings is 1. The van der Waals surface area contributed by atoms with Gasteiger partial charge in [0.2, 0.25) is 0 Å². The molecule has 1 N–H and O–H groups in total. The van der Waals surface area contributed by atoms with E-state index in [-0.39, 0.29) is 11.5 Å². The zero-order valence-electron chi connectivity index (χ0n) is 15.7. The molecule has 0 fully saturated rings. The summed E-state index contributed by atoms with van der Waals surface area (Å²) in [6.07, 6.45) is 0. The first-order valence-electron chi connectivity index (χ1n) is 9.05. The first-order valence-corrected chi connectivity index (χ1v) is 10.7. The lowest BCUT2D eigenvalue weighted by molar-refractivity contribution is 0.0955. The Morgan fingerprint density at radius 2 is 1.93 bits per heavy atom. The van der Waals surface area contributed by atoms with Gasteiger partial charge in [-0.15, -0.1) is 22.7 Å². The van der Waals surface area contributed by atoms with Crippen LogP contribution in [0.2, 0.25) is 0 Å². The lowest BCUT2D eigenvalue weighted by atomic mass is 10.2. The van der Waals surface area contributed by atoms with Crippen LogP contribution in [0.1, 0.15) is 15.4 Å². The molecule has 0 saturated carbocycles. The number of aryl methyl sites for hydroxylation is 1. The summed E-state index contributed by atoms with van der Waals surface area (Å²) < 4.78 is 1.38. The maximum Gasteiger partial charge on any atom is 0.266 e. The second-order valence-electron chi connectivity index (χ2n) is 6.31. The third kappa shape index (κ3) is 4.33. The normalized spacial score (nSPS) is 10.8. The zero-order chi connectivity index (χ0) is 20.2. The van der Waals surface area contributed by atoms with Crippen LogP contribution in [0.4, 0.5) is 0 Å². The third-order valence-corrected chi connectivity index (χ3v) is 6.37. The number of nitrogens with one attached hydrogen (secondary N) is 1. The minimum absolute atomic E-state index is 0.190. The summed E-state index contributed by atoms with van der Waals surface area (Å²) in [6, 6.07) is 16.9. The molecular weight excluding hydrogens is 404 g/mol. The molecule has 6 nitrogen and oxygen atoms in total. The van der Waals surface area contributed by atoms with Crippen molar-refractivity contribution in [2.24, 2.45) is 0 Å². The smallest absolute Gasteiger partial charge is 0.266 e. The number of rotatable bonds is 6. The molecule has 0 spiro atoms. The molecule has 4 rings (SSSR count). The highest BCUT2D eigenvalue weighted by atomic mass is 32.1. The lowest BCUT2D eigenvalue weighted by Gasteiger charge is -2.07. The molecule has 0 saturated heterocycles. The molecule has 0 unspecified atom stereocenters. The quantitative estimate of drug-likeness (QED) is 0.512. The molecule has 0 aliphatic heterocycles. The van der Waals surface area contributed by atoms with Gasteiger partial charge in [-0.3, -0.25) is 9.59 Å². The minimum atomic E-state index is -0.195. The van der Waals surface area contributed by atoms with Crippen LogP contribution in [0.25, 0.3) is 21.1 Å². The lowest BCUT2D eigenvalue weighted by Crippen LogP contribution is -2.31. The van der Waals surface area contributed by atoms with Gasteiger partial charge in [0.25, 0.3) is 11.5 Å². The number of nitrogens with zero attached hydrogens (tertiary/aromatic N) is 3. The number of aromatic nitrogens is 3. The zero-order valence-corrected chi connectivity index (χ0v) is 17.3. The van der Waals surface area contributed by atoms with Crippen LogP contribution in [0.15, 0.2) is 64.8 Å². The standard InChI is InChI=1S/C21H18N4O2S2/c1-14-19(29-21(23-14)15-6-3-2-4-7-15)20(27)22-11-12-25-18(26)10-9-16(24-25)17-8-5-13-28-17/h2-10,13H,11-12H2,1H3,(H,22,27). The molecule has 0 atom stereocenters. The Kier molecular flexibility index (Phi) is 5.64. The number of benzene rings is 1. The number of hydrogen-bond donors (Lipinski definition) is 1. The van der Waals surface area contributed by atoms with E-state index in [1.54, 1.807) is 17.4 Å². The largest absolute Gasteiger partial charge is 0.349 e. The van der Waals surface area contributed by atoms with E-state index in [4.69, 9.17) is 0 Å². The van der Waals surface area contributed by atoms with E-state index in [0.29, 0.717) is 23.7 Å². The first kappa shape index (κ1) is 19.2. The number of amides is 1. The fourth-order valence-corrected chi connectivity index (χ4v) is 4.51. The van der Waals surface area contributed by atoms with Gasteiger partial charge in [-0.1, -0.05) is 36.4 Å². The van der Waals surface area contributed by atoms with E-state index in [0.717, 1.165) is 21.1 Å². The van der Waals surface area contributed by atoms with Crippen molar-refractivity contribution in [3.05, 3.63) is 80.9 Å². The van der Waals surface area contributed by atoms with Crippen LogP contribution < -0.4 is 10.9 Å². The van der Waals surface area contributed by atoms with Gasteiger partial charge < -0.3 is 5.32 Å². The molecule has 29 heavy (non-hydrogen) atoms. The van der Waals surface area contributed by atoms with Crippen molar-refractivity contribution in [2.75, 3.05) is 6.54 Å². The summed E-state index contributed by atoms with van der Waals surface area (Å²) in [6.45, 7) is 2.43. The predicted octanol–water partition coefficient (Wildman–Crippen LogP) is 3.83. The van der Waals surface area contributed by atoms with Crippen molar-refractivity contribution in [3.8, 4) is 21.1 Å². The second-order valence-corrected chi connectivity index (χ2v) is 8.26. The Bertz CT molecular complexity index is 1180. The van der Waals surface area contributed by atoms with Gasteiger partial charge >= 0.3 is 0 Å². The van der Waals surface area contributed by atoms with Crippen molar-refractivity contribution in [1.29, 1.82) is 0 Å². The highest BCUT2D eigenvalue weighted by Gasteiger charge is 2.16. The fraction of sp³-hybridized carbons (Fsp3) is 0.143. The molecule has 4 aromatic rings. The maximum absolute atomic E-state index is 12.6. The van der Waals surface area contributed by atoms with E-state index in [1.165, 1.54) is 22.1 Å². The van der Waals surface area contributed by atoms with Crippen molar-refractivity contribution < 1.29 is 4.79 Å². The Hall–Kier alpha value is -3.10. The molecule has 3 aromatic heterocycles. The van der Waals surface area contributed by atoms with E-state index < -0.39 is 0 Å². The average Bonchev–Trinajstić information content (AvgIpc) is 3.40. The highest BCUT2D eigenvalue weighted by Crippen LogP contribution is 2.27. The second kappa shape index (κ2) is 8.50. The Morgan fingerprint density at radius 3 is 2.69 bits per heavy atom. The highest BCUT2D eigenvalue weighted by molar-refractivity contribution is 7.17. The molecule has 0 radical (unpaired) electrons. The maximum atomic E-state index is 12.6. The Balaban J connectivity index is 1.43. The number of carbonyl (C=O) groups excluding carboxylic acids is 1. The van der Waals surface area contributed by atoms with Gasteiger partial charge in [-0.25, -0.2) is 9.67 Å². The Labute approximate surface area is 175 Å².